The summed E-state index contributed by atoms with van der Waals surface area (Å²) in [5.74, 6) is 1.90. The van der Waals surface area contributed by atoms with E-state index in [0.29, 0.717) is 39.4 Å². The molecule has 0 N–H and O–H groups in total. The molecular weight excluding hydrogens is 522 g/mol. The Hall–Kier alpha value is -3.33. The molecule has 198 valence electrons. The number of ether oxygens (including phenoxy) is 2. The van der Waals surface area contributed by atoms with Crippen LogP contribution in [0.15, 0.2) is 27.9 Å². The van der Waals surface area contributed by atoms with Crippen molar-refractivity contribution in [3.05, 3.63) is 55.7 Å². The lowest BCUT2D eigenvalue weighted by molar-refractivity contribution is -0.122. The van der Waals surface area contributed by atoms with E-state index in [0.717, 1.165) is 49.5 Å². The maximum absolute atomic E-state index is 13.6. The van der Waals surface area contributed by atoms with E-state index in [9.17, 15) is 14.9 Å². The van der Waals surface area contributed by atoms with E-state index in [-0.39, 0.29) is 23.8 Å². The number of nitrogens with zero attached hydrogens (tertiary/aromatic N) is 5. The highest BCUT2D eigenvalue weighted by molar-refractivity contribution is 8.26. The number of anilines is 1. The number of likely N-dealkylation sites (N-methyl/N-ethyl adjacent to an activating group) is 1. The van der Waals surface area contributed by atoms with Gasteiger partial charge in [0.15, 0.2) is 11.5 Å². The number of fused-ring (bicyclic) bond motifs is 1. The van der Waals surface area contributed by atoms with Gasteiger partial charge in [-0.15, -0.1) is 0 Å². The number of carbonyl (C=O) groups is 1. The van der Waals surface area contributed by atoms with Crippen molar-refractivity contribution in [2.45, 2.75) is 33.4 Å². The molecule has 1 amide bonds. The normalized spacial score (nSPS) is 18.5. The van der Waals surface area contributed by atoms with E-state index in [1.54, 1.807) is 16.4 Å². The maximum atomic E-state index is 13.6. The monoisotopic (exact) mass is 551 g/mol. The first-order valence-electron chi connectivity index (χ1n) is 12.6. The summed E-state index contributed by atoms with van der Waals surface area (Å²) in [5.41, 5.74) is 2.01. The van der Waals surface area contributed by atoms with Crippen LogP contribution in [-0.2, 0) is 17.9 Å². The van der Waals surface area contributed by atoms with E-state index in [1.807, 2.05) is 31.2 Å². The molecule has 0 radical (unpaired) electrons. The predicted molar refractivity (Wildman–Crippen MR) is 151 cm³/mol. The molecule has 38 heavy (non-hydrogen) atoms. The lowest BCUT2D eigenvalue weighted by Crippen LogP contribution is -2.47. The summed E-state index contributed by atoms with van der Waals surface area (Å²) < 4.78 is 13.0. The van der Waals surface area contributed by atoms with Gasteiger partial charge in [0.25, 0.3) is 11.5 Å². The van der Waals surface area contributed by atoms with E-state index in [4.69, 9.17) is 21.7 Å². The van der Waals surface area contributed by atoms with E-state index in [2.05, 4.69) is 22.9 Å². The SMILES string of the molecule is CCCn1c(N2CCN(C)CC2)c(C=C2SC(=S)N(Cc3ccc4c(c3)OCO4)C2=O)c(C)c(C#N)c1=O. The molecule has 4 heterocycles. The molecule has 3 aliphatic heterocycles. The minimum absolute atomic E-state index is 0.110. The van der Waals surface area contributed by atoms with Crippen LogP contribution in [0.2, 0.25) is 0 Å². The topological polar surface area (TPSA) is 91.0 Å². The van der Waals surface area contributed by atoms with Crippen LogP contribution in [-0.4, -0.2) is 64.6 Å². The Morgan fingerprint density at radius 3 is 2.61 bits per heavy atom. The second-order valence-corrected chi connectivity index (χ2v) is 11.2. The number of benzene rings is 1. The molecule has 3 aliphatic rings. The van der Waals surface area contributed by atoms with Crippen LogP contribution in [0.25, 0.3) is 6.08 Å². The third-order valence-electron chi connectivity index (χ3n) is 7.02. The highest BCUT2D eigenvalue weighted by Gasteiger charge is 2.34. The number of piperazine rings is 1. The molecule has 2 saturated heterocycles. The van der Waals surface area contributed by atoms with Gasteiger partial charge in [0.1, 0.15) is 21.8 Å². The average molecular weight is 552 g/mol. The van der Waals surface area contributed by atoms with Gasteiger partial charge in [-0.1, -0.05) is 37.0 Å². The van der Waals surface area contributed by atoms with Crippen molar-refractivity contribution >= 4 is 46.1 Å². The molecule has 1 aromatic heterocycles. The van der Waals surface area contributed by atoms with E-state index >= 15 is 0 Å². The van der Waals surface area contributed by atoms with Gasteiger partial charge in [0.2, 0.25) is 6.79 Å². The van der Waals surface area contributed by atoms with Crippen LogP contribution in [0.1, 0.15) is 35.6 Å². The van der Waals surface area contributed by atoms with Crippen molar-refractivity contribution in [3.63, 3.8) is 0 Å². The third kappa shape index (κ3) is 4.79. The first-order chi connectivity index (χ1) is 18.3. The minimum atomic E-state index is -0.284. The Morgan fingerprint density at radius 1 is 1.16 bits per heavy atom. The zero-order valence-electron chi connectivity index (χ0n) is 21.7. The van der Waals surface area contributed by atoms with Gasteiger partial charge in [-0.2, -0.15) is 5.26 Å². The fraction of sp³-hybridized carbons (Fsp3) is 0.407. The Kier molecular flexibility index (Phi) is 7.47. The molecule has 0 spiro atoms. The number of amides is 1. The van der Waals surface area contributed by atoms with Gasteiger partial charge in [0.05, 0.1) is 11.4 Å². The van der Waals surface area contributed by atoms with Gasteiger partial charge in [0, 0.05) is 38.3 Å². The number of aromatic nitrogens is 1. The van der Waals surface area contributed by atoms with Crippen LogP contribution < -0.4 is 19.9 Å². The van der Waals surface area contributed by atoms with Crippen molar-refractivity contribution < 1.29 is 14.3 Å². The second kappa shape index (κ2) is 10.8. The summed E-state index contributed by atoms with van der Waals surface area (Å²) in [7, 11) is 2.08. The van der Waals surface area contributed by atoms with Crippen molar-refractivity contribution in [2.75, 3.05) is 44.9 Å². The molecule has 0 aliphatic carbocycles. The first kappa shape index (κ1) is 26.3. The molecule has 5 rings (SSSR count). The molecular formula is C27H29N5O4S2. The van der Waals surface area contributed by atoms with Crippen LogP contribution in [0.3, 0.4) is 0 Å². The Balaban J connectivity index is 1.55. The molecule has 0 saturated carbocycles. The Bertz CT molecular complexity index is 1440. The first-order valence-corrected chi connectivity index (χ1v) is 13.8. The molecule has 2 fully saturated rings. The number of nitriles is 1. The highest BCUT2D eigenvalue weighted by atomic mass is 32.2. The number of rotatable bonds is 6. The largest absolute Gasteiger partial charge is 0.454 e. The molecule has 0 bridgehead atoms. The molecule has 9 nitrogen and oxygen atoms in total. The van der Waals surface area contributed by atoms with Crippen LogP contribution in [0.4, 0.5) is 5.82 Å². The van der Waals surface area contributed by atoms with Gasteiger partial charge in [-0.05, 0) is 49.7 Å². The zero-order chi connectivity index (χ0) is 27.0. The lowest BCUT2D eigenvalue weighted by atomic mass is 10.0. The molecule has 1 aromatic carbocycles. The van der Waals surface area contributed by atoms with Gasteiger partial charge < -0.3 is 19.3 Å². The number of hydrogen-bond acceptors (Lipinski definition) is 9. The van der Waals surface area contributed by atoms with Crippen LogP contribution in [0, 0.1) is 18.3 Å². The molecule has 11 heteroatoms. The van der Waals surface area contributed by atoms with E-state index in [1.165, 1.54) is 11.8 Å². The number of thiocarbonyl (C=S) groups is 1. The van der Waals surface area contributed by atoms with Crippen molar-refractivity contribution in [2.24, 2.45) is 0 Å². The van der Waals surface area contributed by atoms with Crippen molar-refractivity contribution in [1.82, 2.24) is 14.4 Å². The minimum Gasteiger partial charge on any atom is -0.454 e. The second-order valence-electron chi connectivity index (χ2n) is 9.55. The van der Waals surface area contributed by atoms with Gasteiger partial charge >= 0.3 is 0 Å². The summed E-state index contributed by atoms with van der Waals surface area (Å²) in [6.07, 6.45) is 2.56. The van der Waals surface area contributed by atoms with Gasteiger partial charge in [-0.3, -0.25) is 19.1 Å². The predicted octanol–water partition coefficient (Wildman–Crippen LogP) is 3.32. The number of pyridine rings is 1. The fourth-order valence-electron chi connectivity index (χ4n) is 4.92. The molecule has 0 unspecified atom stereocenters. The summed E-state index contributed by atoms with van der Waals surface area (Å²) >= 11 is 6.84. The van der Waals surface area contributed by atoms with Crippen LogP contribution in [0.5, 0.6) is 11.5 Å². The van der Waals surface area contributed by atoms with Crippen molar-refractivity contribution in [1.29, 1.82) is 5.26 Å². The quantitative estimate of drug-likeness (QED) is 0.396. The summed E-state index contributed by atoms with van der Waals surface area (Å²) in [4.78, 5) is 33.4. The summed E-state index contributed by atoms with van der Waals surface area (Å²) in [6, 6.07) is 7.69. The summed E-state index contributed by atoms with van der Waals surface area (Å²) in [6.45, 7) is 7.98. The average Bonchev–Trinajstić information content (AvgIpc) is 3.47. The Morgan fingerprint density at radius 2 is 1.89 bits per heavy atom. The Labute approximate surface area is 231 Å². The molecule has 2 aromatic rings. The third-order valence-corrected chi connectivity index (χ3v) is 8.40. The maximum Gasteiger partial charge on any atom is 0.270 e. The fourth-order valence-corrected chi connectivity index (χ4v) is 6.16. The number of thioether (sulfide) groups is 1. The van der Waals surface area contributed by atoms with Crippen molar-refractivity contribution in [3.8, 4) is 17.6 Å². The molecule has 0 atom stereocenters. The highest BCUT2D eigenvalue weighted by Crippen LogP contribution is 2.38. The van der Waals surface area contributed by atoms with Gasteiger partial charge in [-0.25, -0.2) is 0 Å². The number of hydrogen-bond donors (Lipinski definition) is 0. The van der Waals surface area contributed by atoms with E-state index < -0.39 is 0 Å². The summed E-state index contributed by atoms with van der Waals surface area (Å²) in [5, 5.41) is 9.86. The standard InChI is InChI=1S/C27H29N5O4S2/c1-4-7-31-24(30-10-8-29(3)9-11-30)19(17(2)20(14-28)25(31)33)13-23-26(34)32(27(37)38-23)15-18-5-6-21-22(12-18)36-16-35-21/h5-6,12-13H,4,7-11,15-16H2,1-3H3. The zero-order valence-corrected chi connectivity index (χ0v) is 23.3. The van der Waals surface area contributed by atoms with Crippen LogP contribution >= 0.6 is 24.0 Å². The number of carbonyl (C=O) groups excluding carboxylic acids is 1. The lowest BCUT2D eigenvalue weighted by Gasteiger charge is -2.36. The smallest absolute Gasteiger partial charge is 0.270 e.